The van der Waals surface area contributed by atoms with Crippen LogP contribution in [0.3, 0.4) is 0 Å². The van der Waals surface area contributed by atoms with Crippen LogP contribution in [0.5, 0.6) is 0 Å². The number of hydrogen-bond donors (Lipinski definition) is 0. The van der Waals surface area contributed by atoms with Crippen molar-refractivity contribution in [1.29, 1.82) is 0 Å². The molecule has 1 aromatic heterocycles. The Morgan fingerprint density at radius 2 is 1.79 bits per heavy atom. The first-order chi connectivity index (χ1) is 13.5. The van der Waals surface area contributed by atoms with Gasteiger partial charge in [0.25, 0.3) is 0 Å². The number of aromatic nitrogens is 1. The van der Waals surface area contributed by atoms with Crippen LogP contribution >= 0.6 is 34.5 Å². The highest BCUT2D eigenvalue weighted by Crippen LogP contribution is 2.27. The maximum atomic E-state index is 12.7. The van der Waals surface area contributed by atoms with Crippen molar-refractivity contribution in [2.24, 2.45) is 5.92 Å². The van der Waals surface area contributed by atoms with Crippen molar-refractivity contribution in [3.05, 3.63) is 67.7 Å². The number of piperidine rings is 1. The molecule has 28 heavy (non-hydrogen) atoms. The van der Waals surface area contributed by atoms with Gasteiger partial charge in [-0.05, 0) is 56.3 Å². The van der Waals surface area contributed by atoms with Crippen LogP contribution in [0.4, 0.5) is 0 Å². The van der Waals surface area contributed by atoms with E-state index in [2.05, 4.69) is 4.90 Å². The van der Waals surface area contributed by atoms with E-state index in [1.54, 1.807) is 18.2 Å². The van der Waals surface area contributed by atoms with E-state index in [0.717, 1.165) is 42.7 Å². The summed E-state index contributed by atoms with van der Waals surface area (Å²) < 4.78 is 2.88. The monoisotopic (exact) mass is 434 g/mol. The first-order valence-corrected chi connectivity index (χ1v) is 10.9. The highest BCUT2D eigenvalue weighted by atomic mass is 35.5. The highest BCUT2D eigenvalue weighted by Gasteiger charge is 2.26. The zero-order valence-electron chi connectivity index (χ0n) is 15.2. The second kappa shape index (κ2) is 8.37. The lowest BCUT2D eigenvalue weighted by Crippen LogP contribution is -2.38. The topological polar surface area (TPSA) is 42.3 Å². The molecule has 0 amide bonds. The maximum Gasteiger partial charge on any atom is 0.308 e. The molecule has 4 nitrogen and oxygen atoms in total. The number of nitrogens with zero attached hydrogens (tertiary/aromatic N) is 2. The quantitative estimate of drug-likeness (QED) is 0.532. The molecular formula is C21H20Cl2N2O2S. The van der Waals surface area contributed by atoms with E-state index >= 15 is 0 Å². The van der Waals surface area contributed by atoms with Crippen LogP contribution in [-0.2, 0) is 6.54 Å². The minimum atomic E-state index is 0.0122. The number of hydrogen-bond acceptors (Lipinski definition) is 4. The lowest BCUT2D eigenvalue weighted by molar-refractivity contribution is 0.0837. The van der Waals surface area contributed by atoms with Gasteiger partial charge in [0.15, 0.2) is 5.78 Å². The lowest BCUT2D eigenvalue weighted by atomic mass is 9.89. The predicted molar refractivity (Wildman–Crippen MR) is 116 cm³/mol. The van der Waals surface area contributed by atoms with Crippen LogP contribution in [0.15, 0.2) is 47.3 Å². The number of thiazole rings is 1. The first kappa shape index (κ1) is 19.6. The average molecular weight is 435 g/mol. The number of carbonyl (C=O) groups excluding carboxylic acids is 1. The molecule has 0 radical (unpaired) electrons. The Bertz CT molecular complexity index is 1070. The number of ketones is 1. The summed E-state index contributed by atoms with van der Waals surface area (Å²) in [4.78, 5) is 27.4. The van der Waals surface area contributed by atoms with Gasteiger partial charge in [0, 0.05) is 24.6 Å². The fourth-order valence-corrected chi connectivity index (χ4v) is 4.99. The molecule has 1 fully saturated rings. The molecule has 4 rings (SSSR count). The van der Waals surface area contributed by atoms with E-state index in [4.69, 9.17) is 23.2 Å². The third kappa shape index (κ3) is 4.03. The Hall–Kier alpha value is -1.66. The summed E-state index contributed by atoms with van der Waals surface area (Å²) in [6, 6.07) is 13.0. The van der Waals surface area contributed by atoms with Crippen LogP contribution < -0.4 is 4.87 Å². The molecule has 146 valence electrons. The molecule has 1 aliphatic heterocycles. The number of para-hydroxylation sites is 1. The number of fused-ring (bicyclic) bond motifs is 1. The van der Waals surface area contributed by atoms with Crippen molar-refractivity contribution in [1.82, 2.24) is 9.47 Å². The van der Waals surface area contributed by atoms with Crippen LogP contribution in [0.25, 0.3) is 10.2 Å². The third-order valence-corrected chi connectivity index (χ3v) is 7.08. The van der Waals surface area contributed by atoms with E-state index in [1.807, 2.05) is 28.8 Å². The van der Waals surface area contributed by atoms with Crippen molar-refractivity contribution in [2.45, 2.75) is 19.4 Å². The molecule has 0 atom stereocenters. The summed E-state index contributed by atoms with van der Waals surface area (Å²) in [5, 5.41) is 0.877. The van der Waals surface area contributed by atoms with Gasteiger partial charge in [0.2, 0.25) is 0 Å². The first-order valence-electron chi connectivity index (χ1n) is 9.33. The van der Waals surface area contributed by atoms with Crippen LogP contribution in [0.1, 0.15) is 23.2 Å². The minimum Gasteiger partial charge on any atom is -0.302 e. The molecule has 0 spiro atoms. The molecule has 2 aromatic carbocycles. The summed E-state index contributed by atoms with van der Waals surface area (Å²) in [6.45, 7) is 3.20. The van der Waals surface area contributed by atoms with Crippen molar-refractivity contribution in [2.75, 3.05) is 19.6 Å². The highest BCUT2D eigenvalue weighted by molar-refractivity contribution is 7.16. The molecule has 0 aliphatic carbocycles. The van der Waals surface area contributed by atoms with Gasteiger partial charge in [-0.1, -0.05) is 46.7 Å². The lowest BCUT2D eigenvalue weighted by Gasteiger charge is -2.31. The van der Waals surface area contributed by atoms with E-state index < -0.39 is 0 Å². The molecule has 1 saturated heterocycles. The van der Waals surface area contributed by atoms with E-state index in [-0.39, 0.29) is 16.6 Å². The standard InChI is InChI=1S/C21H20Cl2N2O2S/c22-16-6-5-15(13-17(16)23)20(26)14-7-9-24(10-8-14)11-12-25-18-3-1-2-4-19(18)28-21(25)27/h1-6,13-14H,7-12H2. The smallest absolute Gasteiger partial charge is 0.302 e. The molecule has 0 bridgehead atoms. The zero-order chi connectivity index (χ0) is 19.7. The molecule has 3 aromatic rings. The van der Waals surface area contributed by atoms with E-state index in [9.17, 15) is 9.59 Å². The fourth-order valence-electron chi connectivity index (χ4n) is 3.77. The maximum absolute atomic E-state index is 12.7. The molecule has 1 aliphatic rings. The molecule has 7 heteroatoms. The van der Waals surface area contributed by atoms with Gasteiger partial charge in [-0.2, -0.15) is 0 Å². The summed E-state index contributed by atoms with van der Waals surface area (Å²) in [5.74, 6) is 0.149. The normalized spacial score (nSPS) is 15.9. The van der Waals surface area contributed by atoms with Gasteiger partial charge in [0.1, 0.15) is 0 Å². The predicted octanol–water partition coefficient (Wildman–Crippen LogP) is 4.96. The van der Waals surface area contributed by atoms with Crippen LogP contribution in [-0.4, -0.2) is 34.9 Å². The Morgan fingerprint density at radius 1 is 1.04 bits per heavy atom. The molecular weight excluding hydrogens is 415 g/mol. The number of carbonyl (C=O) groups is 1. The summed E-state index contributed by atoms with van der Waals surface area (Å²) in [7, 11) is 0. The number of likely N-dealkylation sites (tertiary alicyclic amines) is 1. The van der Waals surface area contributed by atoms with E-state index in [0.29, 0.717) is 22.2 Å². The number of Topliss-reactive ketones (excluding diaryl/α,β-unsaturated/α-hetero) is 1. The van der Waals surface area contributed by atoms with Gasteiger partial charge in [-0.25, -0.2) is 0 Å². The zero-order valence-corrected chi connectivity index (χ0v) is 17.6. The fraction of sp³-hybridized carbons (Fsp3) is 0.333. The van der Waals surface area contributed by atoms with Crippen molar-refractivity contribution in [3.8, 4) is 0 Å². The summed E-state index contributed by atoms with van der Waals surface area (Å²) >= 11 is 13.3. The van der Waals surface area contributed by atoms with E-state index in [1.165, 1.54) is 11.3 Å². The van der Waals surface area contributed by atoms with Crippen LogP contribution in [0.2, 0.25) is 10.0 Å². The largest absolute Gasteiger partial charge is 0.308 e. The summed E-state index contributed by atoms with van der Waals surface area (Å²) in [5.41, 5.74) is 1.63. The third-order valence-electron chi connectivity index (χ3n) is 5.38. The van der Waals surface area contributed by atoms with Gasteiger partial charge in [0.05, 0.1) is 20.3 Å². The van der Waals surface area contributed by atoms with Crippen LogP contribution in [0, 0.1) is 5.92 Å². The Kier molecular flexibility index (Phi) is 5.88. The summed E-state index contributed by atoms with van der Waals surface area (Å²) in [6.07, 6.45) is 1.64. The molecule has 0 N–H and O–H groups in total. The second-order valence-corrected chi connectivity index (χ2v) is 8.90. The van der Waals surface area contributed by atoms with Gasteiger partial charge < -0.3 is 4.90 Å². The van der Waals surface area contributed by atoms with Gasteiger partial charge in [-0.15, -0.1) is 0 Å². The van der Waals surface area contributed by atoms with Crippen molar-refractivity contribution < 1.29 is 4.79 Å². The number of halogens is 2. The molecule has 0 unspecified atom stereocenters. The van der Waals surface area contributed by atoms with Crippen molar-refractivity contribution in [3.63, 3.8) is 0 Å². The number of benzene rings is 2. The SMILES string of the molecule is O=C(c1ccc(Cl)c(Cl)c1)C1CCN(CCn2c(=O)sc3ccccc32)CC1. The Morgan fingerprint density at radius 3 is 2.54 bits per heavy atom. The van der Waals surface area contributed by atoms with Crippen molar-refractivity contribution >= 4 is 50.5 Å². The molecule has 2 heterocycles. The number of rotatable bonds is 5. The second-order valence-electron chi connectivity index (χ2n) is 7.10. The van der Waals surface area contributed by atoms with Gasteiger partial charge in [-0.3, -0.25) is 14.2 Å². The molecule has 0 saturated carbocycles. The minimum absolute atomic E-state index is 0.0122. The average Bonchev–Trinajstić information content (AvgIpc) is 3.03. The van der Waals surface area contributed by atoms with Gasteiger partial charge >= 0.3 is 4.87 Å². The Labute approximate surface area is 177 Å². The Balaban J connectivity index is 1.35.